The van der Waals surface area contributed by atoms with E-state index in [1.807, 2.05) is 36.4 Å². The van der Waals surface area contributed by atoms with Crippen LogP contribution < -0.4 is 20.1 Å². The zero-order valence-electron chi connectivity index (χ0n) is 24.1. The summed E-state index contributed by atoms with van der Waals surface area (Å²) in [5, 5.41) is 23.5. The maximum absolute atomic E-state index is 12.8. The number of hydrogen-bond acceptors (Lipinski definition) is 7. The zero-order chi connectivity index (χ0) is 29.7. The predicted molar refractivity (Wildman–Crippen MR) is 163 cm³/mol. The van der Waals surface area contributed by atoms with Crippen LogP contribution in [-0.2, 0) is 16.7 Å². The highest BCUT2D eigenvalue weighted by Gasteiger charge is 2.25. The van der Waals surface area contributed by atoms with Gasteiger partial charge in [0.2, 0.25) is 5.36 Å². The van der Waals surface area contributed by atoms with Gasteiger partial charge in [0.25, 0.3) is 10.1 Å². The molecule has 0 aromatic heterocycles. The van der Waals surface area contributed by atoms with E-state index in [0.29, 0.717) is 28.0 Å². The number of benzene rings is 3. The average molecular weight is 583 g/mol. The van der Waals surface area contributed by atoms with Crippen LogP contribution in [0.5, 0.6) is 0 Å². The Kier molecular flexibility index (Phi) is 9.83. The van der Waals surface area contributed by atoms with Crippen LogP contribution in [0, 0.1) is 0 Å². The number of fused-ring (bicyclic) bond motifs is 2. The second-order valence-corrected chi connectivity index (χ2v) is 11.3. The van der Waals surface area contributed by atoms with Crippen LogP contribution in [0.2, 0.25) is 0 Å². The molecule has 0 fully saturated rings. The molecule has 4 N–H and O–H groups in total. The number of rotatable bonds is 12. The molecule has 0 saturated carbocycles. The van der Waals surface area contributed by atoms with Gasteiger partial charge in [0.1, 0.15) is 29.3 Å². The van der Waals surface area contributed by atoms with E-state index in [4.69, 9.17) is 4.42 Å². The molecule has 0 spiro atoms. The summed E-state index contributed by atoms with van der Waals surface area (Å²) in [6.45, 7) is 11.3. The summed E-state index contributed by atoms with van der Waals surface area (Å²) in [7, 11) is -4.62. The van der Waals surface area contributed by atoms with Crippen molar-refractivity contribution < 1.29 is 27.6 Å². The number of anilines is 1. The molecule has 2 aromatic rings. The van der Waals surface area contributed by atoms with Gasteiger partial charge in [-0.3, -0.25) is 4.55 Å². The first kappa shape index (κ1) is 30.7. The third-order valence-electron chi connectivity index (χ3n) is 7.58. The molecule has 0 radical (unpaired) electrons. The molecule has 0 atom stereocenters. The first-order valence-electron chi connectivity index (χ1n) is 14.1. The summed E-state index contributed by atoms with van der Waals surface area (Å²) >= 11 is 0. The van der Waals surface area contributed by atoms with E-state index in [1.165, 1.54) is 6.07 Å². The van der Waals surface area contributed by atoms with Crippen LogP contribution in [0.1, 0.15) is 33.3 Å². The van der Waals surface area contributed by atoms with Gasteiger partial charge in [0.15, 0.2) is 0 Å². The fourth-order valence-electron chi connectivity index (χ4n) is 5.27. The lowest BCUT2D eigenvalue weighted by Gasteiger charge is -2.23. The summed E-state index contributed by atoms with van der Waals surface area (Å²) in [5.41, 5.74) is 3.91. The Morgan fingerprint density at radius 3 is 2.20 bits per heavy atom. The van der Waals surface area contributed by atoms with Crippen LogP contribution in [0.15, 0.2) is 63.9 Å². The average Bonchev–Trinajstić information content (AvgIpc) is 2.97. The van der Waals surface area contributed by atoms with Gasteiger partial charge >= 0.3 is 0 Å². The van der Waals surface area contributed by atoms with Crippen molar-refractivity contribution >= 4 is 26.8 Å². The maximum atomic E-state index is 12.8. The summed E-state index contributed by atoms with van der Waals surface area (Å²) in [6, 6.07) is 16.2. The van der Waals surface area contributed by atoms with Crippen molar-refractivity contribution in [2.45, 2.75) is 45.2 Å². The van der Waals surface area contributed by atoms with Crippen molar-refractivity contribution in [2.24, 2.45) is 0 Å². The first-order chi connectivity index (χ1) is 19.7. The molecule has 9 nitrogen and oxygen atoms in total. The van der Waals surface area contributed by atoms with Crippen molar-refractivity contribution in [1.29, 1.82) is 0 Å². The van der Waals surface area contributed by atoms with E-state index in [-0.39, 0.29) is 24.7 Å². The maximum Gasteiger partial charge on any atom is 0.295 e. The Labute approximate surface area is 241 Å². The summed E-state index contributed by atoms with van der Waals surface area (Å²) in [5.74, 6) is 0.606. The second-order valence-electron chi connectivity index (χ2n) is 9.93. The van der Waals surface area contributed by atoms with E-state index in [9.17, 15) is 23.2 Å². The molecule has 10 heteroatoms. The van der Waals surface area contributed by atoms with Gasteiger partial charge in [-0.25, -0.2) is 4.58 Å². The molecule has 1 aliphatic heterocycles. The van der Waals surface area contributed by atoms with Crippen LogP contribution in [-0.4, -0.2) is 68.6 Å². The lowest BCUT2D eigenvalue weighted by molar-refractivity contribution is 0.170. The van der Waals surface area contributed by atoms with Gasteiger partial charge in [0, 0.05) is 59.5 Å². The fourth-order valence-corrected chi connectivity index (χ4v) is 6.02. The molecule has 2 aliphatic rings. The van der Waals surface area contributed by atoms with E-state index in [2.05, 4.69) is 42.5 Å². The minimum atomic E-state index is -4.62. The van der Waals surface area contributed by atoms with Gasteiger partial charge in [-0.2, -0.15) is 8.42 Å². The van der Waals surface area contributed by atoms with Crippen molar-refractivity contribution in [3.63, 3.8) is 0 Å². The van der Waals surface area contributed by atoms with E-state index in [1.54, 1.807) is 12.1 Å². The number of nitrogens with zero attached hydrogens (tertiary/aromatic N) is 2. The molecule has 0 bridgehead atoms. The highest BCUT2D eigenvalue weighted by Crippen LogP contribution is 2.43. The monoisotopic (exact) mass is 582 g/mol. The fraction of sp³-hybridized carbons (Fsp3) is 0.387. The molecule has 0 unspecified atom stereocenters. The summed E-state index contributed by atoms with van der Waals surface area (Å²) in [6.07, 6.45) is 0. The van der Waals surface area contributed by atoms with Gasteiger partial charge in [0.05, 0.1) is 25.3 Å². The van der Waals surface area contributed by atoms with E-state index >= 15 is 0 Å². The third kappa shape index (κ3) is 6.47. The molecule has 0 saturated heterocycles. The Balaban J connectivity index is 2.04. The van der Waals surface area contributed by atoms with Crippen LogP contribution in [0.25, 0.3) is 33.4 Å². The van der Waals surface area contributed by atoms with Gasteiger partial charge < -0.3 is 24.8 Å². The van der Waals surface area contributed by atoms with Crippen molar-refractivity contribution in [3.8, 4) is 22.5 Å². The van der Waals surface area contributed by atoms with Crippen molar-refractivity contribution in [2.75, 3.05) is 44.3 Å². The van der Waals surface area contributed by atoms with Crippen LogP contribution in [0.3, 0.4) is 0 Å². The van der Waals surface area contributed by atoms with Gasteiger partial charge in [-0.1, -0.05) is 12.1 Å². The lowest BCUT2D eigenvalue weighted by Crippen LogP contribution is -2.35. The second kappa shape index (κ2) is 13.1. The Hall–Kier alpha value is -3.28. The topological polar surface area (TPSA) is 126 Å². The van der Waals surface area contributed by atoms with Gasteiger partial charge in [-0.05, 0) is 57.5 Å². The Morgan fingerprint density at radius 2 is 1.59 bits per heavy atom. The molecular formula is C31H40N3O6S+. The minimum Gasteiger partial charge on any atom is -0.456 e. The summed E-state index contributed by atoms with van der Waals surface area (Å²) in [4.78, 5) is 1.98. The Morgan fingerprint density at radius 1 is 0.902 bits per heavy atom. The predicted octanol–water partition coefficient (Wildman–Crippen LogP) is 3.55. The van der Waals surface area contributed by atoms with Crippen LogP contribution in [0.4, 0.5) is 5.69 Å². The van der Waals surface area contributed by atoms with Crippen LogP contribution >= 0.6 is 0 Å². The number of aliphatic hydroxyl groups is 2. The van der Waals surface area contributed by atoms with Crippen molar-refractivity contribution in [1.82, 2.24) is 9.89 Å². The van der Waals surface area contributed by atoms with E-state index in [0.717, 1.165) is 48.2 Å². The third-order valence-corrected chi connectivity index (χ3v) is 8.47. The highest BCUT2D eigenvalue weighted by molar-refractivity contribution is 7.86. The van der Waals surface area contributed by atoms with Gasteiger partial charge in [-0.15, -0.1) is 0 Å². The largest absolute Gasteiger partial charge is 0.456 e. The normalized spacial score (nSPS) is 12.0. The molecule has 2 aromatic carbocycles. The molecular weight excluding hydrogens is 542 g/mol. The number of nitrogens with one attached hydrogen (secondary N) is 1. The molecule has 220 valence electrons. The van der Waals surface area contributed by atoms with Crippen molar-refractivity contribution in [3.05, 3.63) is 65.5 Å². The molecule has 41 heavy (non-hydrogen) atoms. The lowest BCUT2D eigenvalue weighted by atomic mass is 9.92. The number of aliphatic hydroxyl groups excluding tert-OH is 2. The first-order valence-corrected chi connectivity index (χ1v) is 15.5. The smallest absolute Gasteiger partial charge is 0.295 e. The highest BCUT2D eigenvalue weighted by atomic mass is 32.2. The molecule has 1 heterocycles. The zero-order valence-corrected chi connectivity index (χ0v) is 24.9. The number of hydrogen-bond donors (Lipinski definition) is 4. The standard InChI is InChI=1S/C31H39N3O6S/c1-5-33(6-2)23-10-13-25-28(16-23)40-29-17-24(34(7-3)8-4)11-14-26(29)31(25)27-12-9-21(15-30(27)41(37,38)39)18-32-22(19-35)20-36/h9-17,22,32,35-36H,5-8,18-20H2,1-4H3/p+1. The Bertz CT molecular complexity index is 1650. The van der Waals surface area contributed by atoms with E-state index < -0.39 is 16.2 Å². The minimum absolute atomic E-state index is 0.195. The SMILES string of the molecule is CCN(CC)c1ccc2c(-c3ccc(CNC(CO)CO)cc3S(=O)(=O)O)c3ccc(=[N+](CC)CC)cc-3oc2c1. The summed E-state index contributed by atoms with van der Waals surface area (Å²) < 4.78 is 44.6. The quantitative estimate of drug-likeness (QED) is 0.114. The molecule has 4 rings (SSSR count). The molecule has 0 amide bonds. The molecule has 1 aliphatic carbocycles.